The topological polar surface area (TPSA) is 150 Å². The van der Waals surface area contributed by atoms with Crippen molar-refractivity contribution < 1.29 is 38.9 Å². The number of nitrogens with zero attached hydrogens (tertiary/aromatic N) is 1. The summed E-state index contributed by atoms with van der Waals surface area (Å²) in [7, 11) is 0. The van der Waals surface area contributed by atoms with Crippen LogP contribution in [-0.4, -0.2) is 63.0 Å². The number of carbonyl (C=O) groups is 5. The zero-order valence-electron chi connectivity index (χ0n) is 13.0. The minimum Gasteiger partial charge on any atom is -0.478 e. The molecule has 0 radical (unpaired) electrons. The summed E-state index contributed by atoms with van der Waals surface area (Å²) in [4.78, 5) is 58.8. The van der Waals surface area contributed by atoms with Crippen LogP contribution in [0.5, 0.6) is 0 Å². The summed E-state index contributed by atoms with van der Waals surface area (Å²) >= 11 is 1.75. The highest BCUT2D eigenvalue weighted by Crippen LogP contribution is 2.42. The third-order valence-corrected chi connectivity index (χ3v) is 5.92. The number of ether oxygens (including phenoxy) is 1. The molecule has 10 nitrogen and oxygen atoms in total. The fraction of sp³-hybridized carbons (Fsp3) is 0.357. The second-order valence-corrected chi connectivity index (χ2v) is 7.36. The van der Waals surface area contributed by atoms with Gasteiger partial charge in [-0.15, -0.1) is 11.3 Å². The van der Waals surface area contributed by atoms with Crippen molar-refractivity contribution >= 4 is 57.1 Å². The average molecular weight is 400 g/mol. The van der Waals surface area contributed by atoms with E-state index in [1.807, 2.05) is 0 Å². The van der Waals surface area contributed by atoms with E-state index in [4.69, 9.17) is 9.84 Å². The molecule has 2 aliphatic rings. The standard InChI is InChI=1S/C14H12N2O8S2/c17-7-4-25-14(23)16(7)3-6-9-5(1-2-24-6)8(12(19)20)11(26-9)15-10(18)13(21)22/h6H,1-4H2,(H,15,18)(H,19,20)(H,21,22). The summed E-state index contributed by atoms with van der Waals surface area (Å²) in [5, 5.41) is 19.7. The number of thioether (sulfide) groups is 1. The lowest BCUT2D eigenvalue weighted by Gasteiger charge is -2.26. The predicted molar refractivity (Wildman–Crippen MR) is 89.5 cm³/mol. The molecule has 3 heterocycles. The van der Waals surface area contributed by atoms with Crippen LogP contribution in [0.25, 0.3) is 0 Å². The Balaban J connectivity index is 1.94. The maximum absolute atomic E-state index is 11.8. The van der Waals surface area contributed by atoms with Crippen LogP contribution in [-0.2, 0) is 25.5 Å². The van der Waals surface area contributed by atoms with E-state index >= 15 is 0 Å². The monoisotopic (exact) mass is 400 g/mol. The molecule has 1 atom stereocenters. The largest absolute Gasteiger partial charge is 0.478 e. The number of hydrogen-bond donors (Lipinski definition) is 3. The molecule has 138 valence electrons. The number of nitrogens with one attached hydrogen (secondary N) is 1. The Labute approximate surface area is 154 Å². The van der Waals surface area contributed by atoms with Crippen molar-refractivity contribution in [2.24, 2.45) is 0 Å². The van der Waals surface area contributed by atoms with Gasteiger partial charge in [0.05, 0.1) is 24.5 Å². The van der Waals surface area contributed by atoms with Crippen molar-refractivity contribution in [2.45, 2.75) is 12.5 Å². The van der Waals surface area contributed by atoms with E-state index in [1.54, 1.807) is 0 Å². The first-order valence-electron chi connectivity index (χ1n) is 7.31. The van der Waals surface area contributed by atoms with E-state index in [1.165, 1.54) is 0 Å². The fourth-order valence-corrected chi connectivity index (χ4v) is 4.71. The van der Waals surface area contributed by atoms with Gasteiger partial charge >= 0.3 is 17.8 Å². The maximum atomic E-state index is 11.8. The van der Waals surface area contributed by atoms with Gasteiger partial charge in [-0.25, -0.2) is 9.59 Å². The molecule has 3 rings (SSSR count). The molecular weight excluding hydrogens is 388 g/mol. The molecule has 2 aliphatic heterocycles. The first-order valence-corrected chi connectivity index (χ1v) is 9.11. The minimum absolute atomic E-state index is 0.0448. The first kappa shape index (κ1) is 18.4. The summed E-state index contributed by atoms with van der Waals surface area (Å²) in [5.41, 5.74) is 0.215. The Hall–Kier alpha value is -2.44. The molecule has 1 aromatic rings. The van der Waals surface area contributed by atoms with Gasteiger partial charge in [0.1, 0.15) is 11.1 Å². The highest BCUT2D eigenvalue weighted by Gasteiger charge is 2.37. The molecule has 0 bridgehead atoms. The highest BCUT2D eigenvalue weighted by molar-refractivity contribution is 8.14. The molecule has 3 amide bonds. The van der Waals surface area contributed by atoms with Crippen LogP contribution in [0.2, 0.25) is 0 Å². The van der Waals surface area contributed by atoms with Crippen LogP contribution in [0, 0.1) is 0 Å². The van der Waals surface area contributed by atoms with E-state index in [0.717, 1.165) is 28.0 Å². The van der Waals surface area contributed by atoms with Crippen LogP contribution in [0.4, 0.5) is 9.80 Å². The normalized spacial score (nSPS) is 19.4. The number of carboxylic acid groups (broad SMARTS) is 2. The Bertz CT molecular complexity index is 817. The summed E-state index contributed by atoms with van der Waals surface area (Å²) in [6.07, 6.45) is -0.479. The van der Waals surface area contributed by atoms with Gasteiger partial charge in [0.15, 0.2) is 0 Å². The van der Waals surface area contributed by atoms with Crippen LogP contribution in [0.3, 0.4) is 0 Å². The maximum Gasteiger partial charge on any atom is 0.394 e. The second kappa shape index (κ2) is 7.05. The van der Waals surface area contributed by atoms with Gasteiger partial charge in [0, 0.05) is 4.88 Å². The van der Waals surface area contributed by atoms with Crippen molar-refractivity contribution in [3.8, 4) is 0 Å². The van der Waals surface area contributed by atoms with Crippen LogP contribution < -0.4 is 5.32 Å². The van der Waals surface area contributed by atoms with Gasteiger partial charge in [0.25, 0.3) is 5.24 Å². The number of carboxylic acids is 2. The van der Waals surface area contributed by atoms with Gasteiger partial charge in [-0.2, -0.15) is 0 Å². The fourth-order valence-electron chi connectivity index (χ4n) is 2.70. The molecule has 1 fully saturated rings. The van der Waals surface area contributed by atoms with Crippen molar-refractivity contribution in [2.75, 3.05) is 24.2 Å². The molecule has 0 saturated carbocycles. The number of thiophene rings is 1. The second-order valence-electron chi connectivity index (χ2n) is 5.38. The SMILES string of the molecule is O=C(O)C(=O)Nc1sc2c(c1C(=O)O)CCOC2CN1C(=O)CSC1=O. The summed E-state index contributed by atoms with van der Waals surface area (Å²) in [5.74, 6) is -4.73. The smallest absolute Gasteiger partial charge is 0.394 e. The summed E-state index contributed by atoms with van der Waals surface area (Å²) in [6, 6.07) is 0. The van der Waals surface area contributed by atoms with E-state index < -0.39 is 29.2 Å². The Kier molecular flexibility index (Phi) is 4.98. The van der Waals surface area contributed by atoms with Gasteiger partial charge in [-0.1, -0.05) is 11.8 Å². The Morgan fingerprint density at radius 2 is 2.00 bits per heavy atom. The van der Waals surface area contributed by atoms with Gasteiger partial charge in [-0.3, -0.25) is 19.3 Å². The molecule has 1 saturated heterocycles. The number of hydrogen-bond acceptors (Lipinski definition) is 8. The zero-order valence-corrected chi connectivity index (χ0v) is 14.6. The van der Waals surface area contributed by atoms with E-state index in [-0.39, 0.29) is 41.8 Å². The van der Waals surface area contributed by atoms with Crippen LogP contribution >= 0.6 is 23.1 Å². The Morgan fingerprint density at radius 3 is 2.58 bits per heavy atom. The zero-order chi connectivity index (χ0) is 19.0. The van der Waals surface area contributed by atoms with Crippen molar-refractivity contribution in [3.63, 3.8) is 0 Å². The van der Waals surface area contributed by atoms with Crippen LogP contribution in [0.1, 0.15) is 26.9 Å². The number of aliphatic carboxylic acids is 1. The molecule has 1 unspecified atom stereocenters. The summed E-state index contributed by atoms with van der Waals surface area (Å²) < 4.78 is 5.60. The van der Waals surface area contributed by atoms with E-state index in [2.05, 4.69) is 5.32 Å². The van der Waals surface area contributed by atoms with Gasteiger partial charge in [-0.05, 0) is 12.0 Å². The molecule has 0 aliphatic carbocycles. The van der Waals surface area contributed by atoms with Gasteiger partial charge in [0.2, 0.25) is 5.91 Å². The average Bonchev–Trinajstić information content (AvgIpc) is 3.09. The number of carbonyl (C=O) groups excluding carboxylic acids is 3. The van der Waals surface area contributed by atoms with E-state index in [0.29, 0.717) is 10.4 Å². The molecule has 1 aromatic heterocycles. The van der Waals surface area contributed by atoms with Crippen molar-refractivity contribution in [3.05, 3.63) is 16.0 Å². The van der Waals surface area contributed by atoms with Gasteiger partial charge < -0.3 is 20.3 Å². The number of anilines is 1. The lowest BCUT2D eigenvalue weighted by molar-refractivity contribution is -0.147. The third-order valence-electron chi connectivity index (χ3n) is 3.83. The molecular formula is C14H12N2O8S2. The molecule has 3 N–H and O–H groups in total. The third kappa shape index (κ3) is 3.30. The number of amides is 3. The molecule has 0 aromatic carbocycles. The number of aromatic carboxylic acids is 1. The highest BCUT2D eigenvalue weighted by atomic mass is 32.2. The first-order chi connectivity index (χ1) is 12.3. The molecule has 0 spiro atoms. The lowest BCUT2D eigenvalue weighted by Crippen LogP contribution is -2.35. The minimum atomic E-state index is -1.74. The number of rotatable bonds is 4. The number of fused-ring (bicyclic) bond motifs is 1. The van der Waals surface area contributed by atoms with Crippen molar-refractivity contribution in [1.82, 2.24) is 4.90 Å². The van der Waals surface area contributed by atoms with Crippen LogP contribution in [0.15, 0.2) is 0 Å². The lowest BCUT2D eigenvalue weighted by atomic mass is 10.0. The van der Waals surface area contributed by atoms with E-state index in [9.17, 15) is 29.1 Å². The molecule has 12 heteroatoms. The number of imide groups is 1. The quantitative estimate of drug-likeness (QED) is 0.623. The van der Waals surface area contributed by atoms with Crippen molar-refractivity contribution in [1.29, 1.82) is 0 Å². The summed E-state index contributed by atoms with van der Waals surface area (Å²) in [6.45, 7) is 0.105. The molecule has 26 heavy (non-hydrogen) atoms. The predicted octanol–water partition coefficient (Wildman–Crippen LogP) is 0.779. The Morgan fingerprint density at radius 1 is 1.27 bits per heavy atom.